The fourth-order valence-electron chi connectivity index (χ4n) is 4.70. The lowest BCUT2D eigenvalue weighted by atomic mass is 9.90. The second kappa shape index (κ2) is 13.7. The normalized spacial score (nSPS) is 17.2. The average molecular weight is 677 g/mol. The molecule has 0 saturated carbocycles. The van der Waals surface area contributed by atoms with Crippen molar-refractivity contribution in [3.63, 3.8) is 0 Å². The predicted octanol–water partition coefficient (Wildman–Crippen LogP) is 5.09. The minimum atomic E-state index is -4.56. The number of aliphatic imine (C=N–C) groups is 2. The first-order valence-corrected chi connectivity index (χ1v) is 15.2. The Bertz CT molecular complexity index is 1230. The molecular weight excluding hydrogens is 640 g/mol. The average Bonchev–Trinajstić information content (AvgIpc) is 3.23. The van der Waals surface area contributed by atoms with Crippen LogP contribution in [0.4, 0.5) is 13.2 Å². The van der Waals surface area contributed by atoms with Gasteiger partial charge in [0.05, 0.1) is 17.9 Å². The van der Waals surface area contributed by atoms with Crippen molar-refractivity contribution in [3.05, 3.63) is 30.1 Å². The van der Waals surface area contributed by atoms with Crippen molar-refractivity contribution >= 4 is 40.2 Å². The van der Waals surface area contributed by atoms with Gasteiger partial charge in [0.2, 0.25) is 5.91 Å². The van der Waals surface area contributed by atoms with Crippen LogP contribution in [0.5, 0.6) is 11.5 Å². The molecule has 1 aromatic heterocycles. The van der Waals surface area contributed by atoms with Gasteiger partial charge >= 0.3 is 6.18 Å². The van der Waals surface area contributed by atoms with Gasteiger partial charge in [-0.25, -0.2) is 9.98 Å². The number of imidazole rings is 1. The number of nitrogens with two attached hydrogens (primary N) is 1. The summed E-state index contributed by atoms with van der Waals surface area (Å²) in [5.74, 6) is 0.903. The first-order chi connectivity index (χ1) is 18.9. The SMILES string of the molecule is CC(=O)N1CCC(C(Oc2ccc3c(c2)OCCn2cc(C(N=C(C)N)=NC(C)C)nc2-3)C(F)(F)F)CC1.CI. The molecule has 0 aliphatic carbocycles. The Kier molecular flexibility index (Phi) is 10.8. The summed E-state index contributed by atoms with van der Waals surface area (Å²) >= 11 is 2.15. The van der Waals surface area contributed by atoms with Gasteiger partial charge in [-0.15, -0.1) is 0 Å². The van der Waals surface area contributed by atoms with E-state index < -0.39 is 18.2 Å². The molecule has 0 spiro atoms. The van der Waals surface area contributed by atoms with Crippen LogP contribution >= 0.6 is 22.6 Å². The molecule has 13 heteroatoms. The number of aromatic nitrogens is 2. The molecule has 2 aliphatic rings. The first-order valence-electron chi connectivity index (χ1n) is 13.0. The minimum Gasteiger partial charge on any atom is -0.491 e. The highest BCUT2D eigenvalue weighted by molar-refractivity contribution is 14.1. The molecule has 40 heavy (non-hydrogen) atoms. The summed E-state index contributed by atoms with van der Waals surface area (Å²) in [6, 6.07) is 4.61. The molecule has 4 rings (SSSR count). The van der Waals surface area contributed by atoms with Crippen LogP contribution in [0, 0.1) is 5.92 Å². The monoisotopic (exact) mass is 676 g/mol. The van der Waals surface area contributed by atoms with Gasteiger partial charge in [0.1, 0.15) is 29.6 Å². The number of nitrogens with zero attached hydrogens (tertiary/aromatic N) is 5. The number of carbonyl (C=O) groups excluding carboxylic acids is 1. The molecule has 2 N–H and O–H groups in total. The number of amides is 1. The Hall–Kier alpha value is -2.84. The molecule has 2 aromatic rings. The first kappa shape index (κ1) is 31.7. The van der Waals surface area contributed by atoms with E-state index in [1.165, 1.54) is 19.1 Å². The molecule has 0 radical (unpaired) electrons. The largest absolute Gasteiger partial charge is 0.491 e. The summed E-state index contributed by atoms with van der Waals surface area (Å²) in [5.41, 5.74) is 6.96. The van der Waals surface area contributed by atoms with Crippen LogP contribution in [-0.2, 0) is 11.3 Å². The number of ether oxygens (including phenoxy) is 2. The zero-order chi connectivity index (χ0) is 29.6. The van der Waals surface area contributed by atoms with E-state index in [4.69, 9.17) is 20.2 Å². The van der Waals surface area contributed by atoms with Crippen molar-refractivity contribution < 1.29 is 27.4 Å². The number of hydrogen-bond donors (Lipinski definition) is 1. The zero-order valence-corrected chi connectivity index (χ0v) is 25.5. The summed E-state index contributed by atoms with van der Waals surface area (Å²) < 4.78 is 55.4. The second-order valence-electron chi connectivity index (χ2n) is 9.87. The molecule has 1 aromatic carbocycles. The highest BCUT2D eigenvalue weighted by atomic mass is 127. The molecule has 1 amide bonds. The quantitative estimate of drug-likeness (QED) is 0.206. The van der Waals surface area contributed by atoms with Crippen molar-refractivity contribution in [2.45, 2.75) is 65.4 Å². The molecule has 3 heterocycles. The maximum Gasteiger partial charge on any atom is 0.425 e. The van der Waals surface area contributed by atoms with Gasteiger partial charge in [0.15, 0.2) is 11.9 Å². The number of carbonyl (C=O) groups is 1. The molecule has 1 saturated heterocycles. The Morgan fingerprint density at radius 1 is 1.20 bits per heavy atom. The summed E-state index contributed by atoms with van der Waals surface area (Å²) in [6.07, 6.45) is -4.29. The Labute approximate surface area is 246 Å². The number of halogens is 4. The maximum absolute atomic E-state index is 14.0. The van der Waals surface area contributed by atoms with Crippen molar-refractivity contribution in [2.75, 3.05) is 24.6 Å². The Balaban J connectivity index is 0.00000216. The number of benzene rings is 1. The van der Waals surface area contributed by atoms with Gasteiger partial charge < -0.3 is 24.7 Å². The van der Waals surface area contributed by atoms with Gasteiger partial charge in [-0.1, -0.05) is 22.6 Å². The number of rotatable bonds is 5. The van der Waals surface area contributed by atoms with Crippen molar-refractivity contribution in [1.29, 1.82) is 0 Å². The van der Waals surface area contributed by atoms with Crippen LogP contribution < -0.4 is 15.2 Å². The molecule has 1 unspecified atom stereocenters. The lowest BCUT2D eigenvalue weighted by Crippen LogP contribution is -2.47. The van der Waals surface area contributed by atoms with E-state index in [1.54, 1.807) is 17.9 Å². The summed E-state index contributed by atoms with van der Waals surface area (Å²) in [4.78, 5) is 28.7. The summed E-state index contributed by atoms with van der Waals surface area (Å²) in [6.45, 7) is 8.28. The van der Waals surface area contributed by atoms with Gasteiger partial charge in [0.25, 0.3) is 0 Å². The lowest BCUT2D eigenvalue weighted by Gasteiger charge is -2.36. The number of amidine groups is 2. The number of fused-ring (bicyclic) bond motifs is 3. The molecule has 2 aliphatic heterocycles. The van der Waals surface area contributed by atoms with E-state index in [0.29, 0.717) is 47.7 Å². The fraction of sp³-hybridized carbons (Fsp3) is 0.556. The van der Waals surface area contributed by atoms with Gasteiger partial charge in [0, 0.05) is 44.2 Å². The molecule has 220 valence electrons. The number of piperidine rings is 1. The van der Waals surface area contributed by atoms with Gasteiger partial charge in [-0.3, -0.25) is 9.79 Å². The van der Waals surface area contributed by atoms with Gasteiger partial charge in [-0.2, -0.15) is 13.2 Å². The zero-order valence-electron chi connectivity index (χ0n) is 23.3. The van der Waals surface area contributed by atoms with Crippen LogP contribution in [-0.4, -0.2) is 75.0 Å². The molecular formula is C27H36F3IN6O3. The standard InChI is InChI=1S/C26H33F3N6O3.CH3I/c1-15(2)31-24(32-16(3)30)21-14-35-11-12-37-22-13-19(5-6-20(22)25(35)33-21)38-23(26(27,28)29)18-7-9-34(10-8-18)17(4)36;1-2/h5-6,13-15,18,23H,7-12H2,1-4H3,(H2,30,31,32);1H3. The second-order valence-corrected chi connectivity index (χ2v) is 9.87. The topological polar surface area (TPSA) is 107 Å². The minimum absolute atomic E-state index is 0.0267. The van der Waals surface area contributed by atoms with Crippen LogP contribution in [0.25, 0.3) is 11.4 Å². The van der Waals surface area contributed by atoms with E-state index in [-0.39, 0.29) is 43.6 Å². The van der Waals surface area contributed by atoms with Crippen molar-refractivity contribution in [1.82, 2.24) is 14.5 Å². The molecule has 0 bridgehead atoms. The smallest absolute Gasteiger partial charge is 0.425 e. The highest BCUT2D eigenvalue weighted by Gasteiger charge is 2.47. The fourth-order valence-corrected chi connectivity index (χ4v) is 4.70. The molecule has 9 nitrogen and oxygen atoms in total. The van der Waals surface area contributed by atoms with Crippen LogP contribution in [0.2, 0.25) is 0 Å². The van der Waals surface area contributed by atoms with Crippen LogP contribution in [0.1, 0.15) is 46.2 Å². The lowest BCUT2D eigenvalue weighted by molar-refractivity contribution is -0.213. The van der Waals surface area contributed by atoms with Crippen molar-refractivity contribution in [2.24, 2.45) is 21.6 Å². The van der Waals surface area contributed by atoms with Gasteiger partial charge in [-0.05, 0) is 50.7 Å². The van der Waals surface area contributed by atoms with Crippen LogP contribution in [0.15, 0.2) is 34.4 Å². The number of likely N-dealkylation sites (tertiary alicyclic amines) is 1. The third-order valence-corrected chi connectivity index (χ3v) is 6.45. The van der Waals surface area contributed by atoms with Crippen LogP contribution in [0.3, 0.4) is 0 Å². The molecule has 1 fully saturated rings. The third-order valence-electron chi connectivity index (χ3n) is 6.45. The van der Waals surface area contributed by atoms with E-state index in [2.05, 4.69) is 32.6 Å². The van der Waals surface area contributed by atoms with E-state index in [1.807, 2.05) is 29.5 Å². The van der Waals surface area contributed by atoms with Crippen molar-refractivity contribution in [3.8, 4) is 22.9 Å². The maximum atomic E-state index is 14.0. The summed E-state index contributed by atoms with van der Waals surface area (Å²) in [5, 5.41) is 0. The summed E-state index contributed by atoms with van der Waals surface area (Å²) in [7, 11) is 0. The predicted molar refractivity (Wildman–Crippen MR) is 158 cm³/mol. The Morgan fingerprint density at radius 3 is 2.45 bits per heavy atom. The van der Waals surface area contributed by atoms with E-state index >= 15 is 0 Å². The van der Waals surface area contributed by atoms with E-state index in [0.717, 1.165) is 0 Å². The van der Waals surface area contributed by atoms with E-state index in [9.17, 15) is 18.0 Å². The highest BCUT2D eigenvalue weighted by Crippen LogP contribution is 2.39. The number of hydrogen-bond acceptors (Lipinski definition) is 5. The third kappa shape index (κ3) is 7.88. The number of alkyl halides is 4. The molecule has 1 atom stereocenters. The Morgan fingerprint density at radius 2 is 1.88 bits per heavy atom.